The van der Waals surface area contributed by atoms with Gasteiger partial charge in [0.15, 0.2) is 0 Å². The number of piperidine rings is 1. The van der Waals surface area contributed by atoms with Gasteiger partial charge in [0.1, 0.15) is 0 Å². The van der Waals surface area contributed by atoms with Crippen LogP contribution in [0.25, 0.3) is 0 Å². The monoisotopic (exact) mass is 340 g/mol. The van der Waals surface area contributed by atoms with Crippen molar-refractivity contribution in [2.75, 3.05) is 31.1 Å². The maximum absolute atomic E-state index is 9.22. The zero-order valence-electron chi connectivity index (χ0n) is 12.4. The summed E-state index contributed by atoms with van der Waals surface area (Å²) in [6, 6.07) is 7.03. The molecular weight excluding hydrogens is 316 g/mol. The van der Waals surface area contributed by atoms with E-state index in [2.05, 4.69) is 58.2 Å². The first-order valence-corrected chi connectivity index (χ1v) is 8.33. The van der Waals surface area contributed by atoms with Crippen LogP contribution in [0.5, 0.6) is 0 Å². The summed E-state index contributed by atoms with van der Waals surface area (Å²) < 4.78 is 1.17. The number of aliphatic hydroxyl groups excluding tert-OH is 1. The minimum atomic E-state index is 0.328. The second-order valence-corrected chi connectivity index (χ2v) is 6.46. The Hall–Kier alpha value is -0.580. The molecule has 20 heavy (non-hydrogen) atoms. The molecule has 3 nitrogen and oxygen atoms in total. The highest BCUT2D eigenvalue weighted by Crippen LogP contribution is 2.32. The molecule has 4 heteroatoms. The van der Waals surface area contributed by atoms with Gasteiger partial charge in [-0.25, -0.2) is 0 Å². The average molecular weight is 341 g/mol. The molecule has 2 N–H and O–H groups in total. The van der Waals surface area contributed by atoms with Gasteiger partial charge in [-0.2, -0.15) is 0 Å². The van der Waals surface area contributed by atoms with E-state index in [4.69, 9.17) is 0 Å². The van der Waals surface area contributed by atoms with Crippen molar-refractivity contribution in [1.82, 2.24) is 5.32 Å². The van der Waals surface area contributed by atoms with Gasteiger partial charge < -0.3 is 15.3 Å². The number of hydrogen-bond donors (Lipinski definition) is 2. The third-order valence-electron chi connectivity index (χ3n) is 4.20. The van der Waals surface area contributed by atoms with Crippen molar-refractivity contribution in [3.05, 3.63) is 28.2 Å². The van der Waals surface area contributed by atoms with E-state index in [1.807, 2.05) is 0 Å². The average Bonchev–Trinajstić information content (AvgIpc) is 2.47. The minimum absolute atomic E-state index is 0.328. The van der Waals surface area contributed by atoms with Crippen molar-refractivity contribution in [2.45, 2.75) is 32.7 Å². The molecule has 1 fully saturated rings. The van der Waals surface area contributed by atoms with Crippen LogP contribution in [0.2, 0.25) is 0 Å². The fourth-order valence-electron chi connectivity index (χ4n) is 2.83. The van der Waals surface area contributed by atoms with Gasteiger partial charge in [0.2, 0.25) is 0 Å². The molecule has 1 aliphatic rings. The highest BCUT2D eigenvalue weighted by Gasteiger charge is 2.20. The van der Waals surface area contributed by atoms with E-state index in [1.54, 1.807) is 0 Å². The van der Waals surface area contributed by atoms with Gasteiger partial charge in [-0.15, -0.1) is 0 Å². The molecule has 1 aromatic carbocycles. The van der Waals surface area contributed by atoms with Crippen molar-refractivity contribution in [1.29, 1.82) is 0 Å². The Balaban J connectivity index is 2.06. The fourth-order valence-corrected chi connectivity index (χ4v) is 3.48. The zero-order valence-corrected chi connectivity index (χ0v) is 14.0. The molecule has 112 valence electrons. The molecule has 0 radical (unpaired) electrons. The van der Waals surface area contributed by atoms with Crippen LogP contribution in [0, 0.1) is 5.92 Å². The van der Waals surface area contributed by atoms with E-state index in [1.165, 1.54) is 15.7 Å². The van der Waals surface area contributed by atoms with Gasteiger partial charge in [0.05, 0.1) is 5.69 Å². The summed E-state index contributed by atoms with van der Waals surface area (Å²) >= 11 is 3.72. The Morgan fingerprint density at radius 2 is 2.10 bits per heavy atom. The molecule has 1 heterocycles. The summed E-state index contributed by atoms with van der Waals surface area (Å²) in [6.45, 7) is 7.70. The van der Waals surface area contributed by atoms with E-state index in [0.717, 1.165) is 32.5 Å². The van der Waals surface area contributed by atoms with Crippen molar-refractivity contribution < 1.29 is 5.11 Å². The minimum Gasteiger partial charge on any atom is -0.396 e. The van der Waals surface area contributed by atoms with Crippen LogP contribution in [0.15, 0.2) is 22.7 Å². The molecule has 0 aromatic heterocycles. The van der Waals surface area contributed by atoms with Crippen molar-refractivity contribution >= 4 is 21.6 Å². The highest BCUT2D eigenvalue weighted by atomic mass is 79.9. The van der Waals surface area contributed by atoms with Crippen molar-refractivity contribution in [2.24, 2.45) is 5.92 Å². The normalized spacial score (nSPS) is 18.3. The number of nitrogens with zero attached hydrogens (tertiary/aromatic N) is 1. The molecule has 0 saturated carbocycles. The number of benzene rings is 1. The Labute approximate surface area is 130 Å². The summed E-state index contributed by atoms with van der Waals surface area (Å²) in [5.41, 5.74) is 2.58. The molecule has 0 aliphatic carbocycles. The molecule has 1 atom stereocenters. The predicted octanol–water partition coefficient (Wildman–Crippen LogP) is 3.33. The lowest BCUT2D eigenvalue weighted by atomic mass is 9.97. The van der Waals surface area contributed by atoms with Gasteiger partial charge in [-0.3, -0.25) is 0 Å². The molecule has 1 unspecified atom stereocenters. The Morgan fingerprint density at radius 1 is 1.40 bits per heavy atom. The van der Waals surface area contributed by atoms with Gasteiger partial charge in [-0.1, -0.05) is 13.0 Å². The fraction of sp³-hybridized carbons (Fsp3) is 0.625. The van der Waals surface area contributed by atoms with Gasteiger partial charge in [0, 0.05) is 30.2 Å². The summed E-state index contributed by atoms with van der Waals surface area (Å²) in [5, 5.41) is 12.7. The summed E-state index contributed by atoms with van der Waals surface area (Å²) in [4.78, 5) is 2.41. The third kappa shape index (κ3) is 3.74. The quantitative estimate of drug-likeness (QED) is 0.862. The summed E-state index contributed by atoms with van der Waals surface area (Å²) in [7, 11) is 0. The van der Waals surface area contributed by atoms with Crippen molar-refractivity contribution in [3.63, 3.8) is 0 Å². The summed E-state index contributed by atoms with van der Waals surface area (Å²) in [6.07, 6.45) is 2.16. The SMILES string of the molecule is CCNC(C)c1ccc(N2CCC(CO)CC2)c(Br)c1. The molecule has 0 spiro atoms. The highest BCUT2D eigenvalue weighted by molar-refractivity contribution is 9.10. The number of hydrogen-bond acceptors (Lipinski definition) is 3. The summed E-state index contributed by atoms with van der Waals surface area (Å²) in [5.74, 6) is 0.484. The molecule has 1 aromatic rings. The Bertz CT molecular complexity index is 430. The Kier molecular flexibility index (Phi) is 5.87. The smallest absolute Gasteiger partial charge is 0.0510 e. The van der Waals surface area contributed by atoms with Crippen LogP contribution in [0.1, 0.15) is 38.3 Å². The van der Waals surface area contributed by atoms with E-state index in [9.17, 15) is 5.11 Å². The number of aliphatic hydroxyl groups is 1. The maximum Gasteiger partial charge on any atom is 0.0510 e. The van der Waals surface area contributed by atoms with Gasteiger partial charge >= 0.3 is 0 Å². The first-order valence-electron chi connectivity index (χ1n) is 7.54. The number of halogens is 1. The lowest BCUT2D eigenvalue weighted by Gasteiger charge is -2.33. The van der Waals surface area contributed by atoms with E-state index >= 15 is 0 Å². The van der Waals surface area contributed by atoms with Crippen LogP contribution < -0.4 is 10.2 Å². The molecule has 0 amide bonds. The van der Waals surface area contributed by atoms with Gasteiger partial charge in [-0.05, 0) is 65.9 Å². The second kappa shape index (κ2) is 7.43. The second-order valence-electron chi connectivity index (χ2n) is 5.60. The first-order chi connectivity index (χ1) is 9.65. The number of rotatable bonds is 5. The van der Waals surface area contributed by atoms with E-state index < -0.39 is 0 Å². The van der Waals surface area contributed by atoms with Crippen LogP contribution in [0.3, 0.4) is 0 Å². The number of anilines is 1. The number of nitrogens with one attached hydrogen (secondary N) is 1. The maximum atomic E-state index is 9.22. The van der Waals surface area contributed by atoms with E-state index in [0.29, 0.717) is 18.6 Å². The molecule has 2 rings (SSSR count). The third-order valence-corrected chi connectivity index (χ3v) is 4.83. The predicted molar refractivity (Wildman–Crippen MR) is 88.3 cm³/mol. The zero-order chi connectivity index (χ0) is 14.5. The van der Waals surface area contributed by atoms with Crippen LogP contribution in [-0.2, 0) is 0 Å². The van der Waals surface area contributed by atoms with Crippen LogP contribution >= 0.6 is 15.9 Å². The molecule has 1 aliphatic heterocycles. The van der Waals surface area contributed by atoms with Crippen LogP contribution in [0.4, 0.5) is 5.69 Å². The van der Waals surface area contributed by atoms with E-state index in [-0.39, 0.29) is 0 Å². The van der Waals surface area contributed by atoms with Crippen LogP contribution in [-0.4, -0.2) is 31.3 Å². The standard InChI is InChI=1S/C16H25BrN2O/c1-3-18-12(2)14-4-5-16(15(17)10-14)19-8-6-13(11-20)7-9-19/h4-5,10,12-13,18,20H,3,6-9,11H2,1-2H3. The first kappa shape index (κ1) is 15.8. The van der Waals surface area contributed by atoms with Gasteiger partial charge in [0.25, 0.3) is 0 Å². The molecular formula is C16H25BrN2O. The Morgan fingerprint density at radius 3 is 2.65 bits per heavy atom. The lowest BCUT2D eigenvalue weighted by molar-refractivity contribution is 0.203. The largest absolute Gasteiger partial charge is 0.396 e. The topological polar surface area (TPSA) is 35.5 Å². The molecule has 1 saturated heterocycles. The molecule has 0 bridgehead atoms. The van der Waals surface area contributed by atoms with Crippen molar-refractivity contribution in [3.8, 4) is 0 Å². The lowest BCUT2D eigenvalue weighted by Crippen LogP contribution is -2.35.